The smallest absolute Gasteiger partial charge is 0.305 e. The van der Waals surface area contributed by atoms with Crippen LogP contribution in [-0.2, 0) is 9.53 Å². The Balaban J connectivity index is 2.27. The number of nitrogens with one attached hydrogen (secondary N) is 1. The molecule has 1 aromatic rings. The minimum Gasteiger partial charge on any atom is -0.469 e. The normalized spacial score (nSPS) is 10.2. The Morgan fingerprint density at radius 3 is 2.75 bits per heavy atom. The molecule has 110 valence electrons. The van der Waals surface area contributed by atoms with Crippen molar-refractivity contribution in [1.29, 1.82) is 0 Å². The number of carbonyl (C=O) groups is 2. The molecule has 0 aliphatic carbocycles. The summed E-state index contributed by atoms with van der Waals surface area (Å²) in [6.07, 6.45) is 2.91. The summed E-state index contributed by atoms with van der Waals surface area (Å²) >= 11 is 7.99. The molecule has 1 amide bonds. The van der Waals surface area contributed by atoms with Crippen molar-refractivity contribution < 1.29 is 14.3 Å². The van der Waals surface area contributed by atoms with Gasteiger partial charge < -0.3 is 10.1 Å². The number of amides is 1. The molecular formula is C14H17ClINO3. The third-order valence-electron chi connectivity index (χ3n) is 2.74. The van der Waals surface area contributed by atoms with Crippen LogP contribution in [-0.4, -0.2) is 25.5 Å². The molecule has 0 atom stereocenters. The van der Waals surface area contributed by atoms with Gasteiger partial charge in [-0.15, -0.1) is 0 Å². The van der Waals surface area contributed by atoms with Gasteiger partial charge in [0.15, 0.2) is 0 Å². The first-order chi connectivity index (χ1) is 9.54. The van der Waals surface area contributed by atoms with Crippen LogP contribution in [0.1, 0.15) is 36.0 Å². The van der Waals surface area contributed by atoms with Gasteiger partial charge in [0.25, 0.3) is 5.91 Å². The molecule has 0 saturated heterocycles. The molecule has 0 bridgehead atoms. The monoisotopic (exact) mass is 409 g/mol. The molecule has 0 aromatic heterocycles. The van der Waals surface area contributed by atoms with Gasteiger partial charge in [-0.3, -0.25) is 9.59 Å². The Morgan fingerprint density at radius 2 is 2.05 bits per heavy atom. The number of hydrogen-bond donors (Lipinski definition) is 1. The minimum atomic E-state index is -0.192. The van der Waals surface area contributed by atoms with Crippen LogP contribution in [0.15, 0.2) is 18.2 Å². The van der Waals surface area contributed by atoms with Crippen LogP contribution in [0.25, 0.3) is 0 Å². The van der Waals surface area contributed by atoms with Crippen molar-refractivity contribution in [2.45, 2.75) is 25.7 Å². The maximum Gasteiger partial charge on any atom is 0.305 e. The molecular weight excluding hydrogens is 393 g/mol. The summed E-state index contributed by atoms with van der Waals surface area (Å²) in [5.41, 5.74) is 0.590. The van der Waals surface area contributed by atoms with Gasteiger partial charge in [0, 0.05) is 21.6 Å². The number of methoxy groups -OCH3 is 1. The second-order valence-corrected chi connectivity index (χ2v) is 5.87. The Kier molecular flexibility index (Phi) is 7.91. The molecule has 0 aliphatic heterocycles. The van der Waals surface area contributed by atoms with Gasteiger partial charge in [0.1, 0.15) is 0 Å². The number of halogens is 2. The van der Waals surface area contributed by atoms with E-state index in [0.717, 1.165) is 22.8 Å². The number of esters is 1. The fourth-order valence-electron chi connectivity index (χ4n) is 1.64. The lowest BCUT2D eigenvalue weighted by atomic mass is 10.2. The van der Waals surface area contributed by atoms with Gasteiger partial charge in [0.2, 0.25) is 0 Å². The van der Waals surface area contributed by atoms with E-state index in [0.29, 0.717) is 23.6 Å². The maximum atomic E-state index is 12.0. The molecule has 0 aliphatic rings. The van der Waals surface area contributed by atoms with E-state index in [-0.39, 0.29) is 11.9 Å². The molecule has 4 nitrogen and oxygen atoms in total. The van der Waals surface area contributed by atoms with Gasteiger partial charge in [-0.1, -0.05) is 18.0 Å². The van der Waals surface area contributed by atoms with Crippen molar-refractivity contribution in [3.8, 4) is 0 Å². The Labute approximate surface area is 137 Å². The van der Waals surface area contributed by atoms with E-state index < -0.39 is 0 Å². The van der Waals surface area contributed by atoms with E-state index in [2.05, 4.69) is 32.6 Å². The highest BCUT2D eigenvalue weighted by atomic mass is 127. The largest absolute Gasteiger partial charge is 0.469 e. The van der Waals surface area contributed by atoms with Crippen molar-refractivity contribution >= 4 is 46.1 Å². The molecule has 1 N–H and O–H groups in total. The van der Waals surface area contributed by atoms with Crippen LogP contribution in [0.4, 0.5) is 0 Å². The van der Waals surface area contributed by atoms with E-state index in [4.69, 9.17) is 11.6 Å². The zero-order chi connectivity index (χ0) is 15.0. The number of hydrogen-bond acceptors (Lipinski definition) is 3. The molecule has 0 heterocycles. The molecule has 1 rings (SSSR count). The lowest BCUT2D eigenvalue weighted by Crippen LogP contribution is -2.25. The first kappa shape index (κ1) is 17.2. The number of benzene rings is 1. The highest BCUT2D eigenvalue weighted by Gasteiger charge is 2.09. The predicted molar refractivity (Wildman–Crippen MR) is 87.0 cm³/mol. The van der Waals surface area contributed by atoms with Gasteiger partial charge in [-0.05, 0) is 53.6 Å². The Bertz CT molecular complexity index is 479. The van der Waals surface area contributed by atoms with Gasteiger partial charge in [0.05, 0.1) is 12.7 Å². The average Bonchev–Trinajstić information content (AvgIpc) is 2.44. The highest BCUT2D eigenvalue weighted by molar-refractivity contribution is 14.1. The van der Waals surface area contributed by atoms with E-state index in [1.807, 2.05) is 6.07 Å². The number of ether oxygens (including phenoxy) is 1. The Hall–Kier alpha value is -0.820. The highest BCUT2D eigenvalue weighted by Crippen LogP contribution is 2.17. The predicted octanol–water partition coefficient (Wildman–Crippen LogP) is 3.41. The van der Waals surface area contributed by atoms with Crippen molar-refractivity contribution in [3.63, 3.8) is 0 Å². The SMILES string of the molecule is COC(=O)CCCCCNC(=O)c1cc(Cl)ccc1I. The fraction of sp³-hybridized carbons (Fsp3) is 0.429. The number of rotatable bonds is 7. The fourth-order valence-corrected chi connectivity index (χ4v) is 2.39. The number of carbonyl (C=O) groups excluding carboxylic acids is 2. The van der Waals surface area contributed by atoms with Crippen molar-refractivity contribution in [3.05, 3.63) is 32.4 Å². The van der Waals surface area contributed by atoms with E-state index in [9.17, 15) is 9.59 Å². The zero-order valence-electron chi connectivity index (χ0n) is 11.2. The van der Waals surface area contributed by atoms with E-state index in [1.54, 1.807) is 12.1 Å². The summed E-state index contributed by atoms with van der Waals surface area (Å²) in [6.45, 7) is 0.586. The van der Waals surface area contributed by atoms with Crippen molar-refractivity contribution in [2.24, 2.45) is 0 Å². The average molecular weight is 410 g/mol. The summed E-state index contributed by atoms with van der Waals surface area (Å²) in [5, 5.41) is 3.40. The van der Waals surface area contributed by atoms with Crippen LogP contribution in [0.5, 0.6) is 0 Å². The van der Waals surface area contributed by atoms with Gasteiger partial charge >= 0.3 is 5.97 Å². The summed E-state index contributed by atoms with van der Waals surface area (Å²) in [4.78, 5) is 22.9. The van der Waals surface area contributed by atoms with Crippen LogP contribution in [0, 0.1) is 3.57 Å². The molecule has 0 saturated carbocycles. The quantitative estimate of drug-likeness (QED) is 0.427. The van der Waals surface area contributed by atoms with E-state index in [1.165, 1.54) is 7.11 Å². The van der Waals surface area contributed by atoms with Crippen molar-refractivity contribution in [1.82, 2.24) is 5.32 Å². The maximum absolute atomic E-state index is 12.0. The first-order valence-electron chi connectivity index (χ1n) is 6.34. The van der Waals surface area contributed by atoms with E-state index >= 15 is 0 Å². The molecule has 6 heteroatoms. The molecule has 1 aromatic carbocycles. The second kappa shape index (κ2) is 9.18. The van der Waals surface area contributed by atoms with Crippen molar-refractivity contribution in [2.75, 3.05) is 13.7 Å². The molecule has 0 unspecified atom stereocenters. The third-order valence-corrected chi connectivity index (χ3v) is 3.92. The third kappa shape index (κ3) is 6.09. The lowest BCUT2D eigenvalue weighted by Gasteiger charge is -2.07. The van der Waals surface area contributed by atoms with Crippen LogP contribution >= 0.6 is 34.2 Å². The number of unbranched alkanes of at least 4 members (excludes halogenated alkanes) is 2. The summed E-state index contributed by atoms with van der Waals surface area (Å²) in [5.74, 6) is -0.313. The topological polar surface area (TPSA) is 55.4 Å². The summed E-state index contributed by atoms with van der Waals surface area (Å²) < 4.78 is 5.43. The Morgan fingerprint density at radius 1 is 1.30 bits per heavy atom. The minimum absolute atomic E-state index is 0.120. The lowest BCUT2D eigenvalue weighted by molar-refractivity contribution is -0.140. The molecule has 0 fully saturated rings. The van der Waals surface area contributed by atoms with Gasteiger partial charge in [-0.2, -0.15) is 0 Å². The van der Waals surface area contributed by atoms with Gasteiger partial charge in [-0.25, -0.2) is 0 Å². The second-order valence-electron chi connectivity index (χ2n) is 4.27. The summed E-state index contributed by atoms with van der Waals surface area (Å²) in [7, 11) is 1.38. The molecule has 0 spiro atoms. The standard InChI is InChI=1S/C14H17ClINO3/c1-20-13(18)5-3-2-4-8-17-14(19)11-9-10(15)6-7-12(11)16/h6-7,9H,2-5,8H2,1H3,(H,17,19). The van der Waals surface area contributed by atoms with Crippen LogP contribution < -0.4 is 5.32 Å². The molecule has 0 radical (unpaired) electrons. The first-order valence-corrected chi connectivity index (χ1v) is 7.80. The van der Waals surface area contributed by atoms with Crippen LogP contribution in [0.2, 0.25) is 5.02 Å². The van der Waals surface area contributed by atoms with Crippen LogP contribution in [0.3, 0.4) is 0 Å². The summed E-state index contributed by atoms with van der Waals surface area (Å²) in [6, 6.07) is 5.23. The zero-order valence-corrected chi connectivity index (χ0v) is 14.2. The molecule has 20 heavy (non-hydrogen) atoms.